The molecule has 0 spiro atoms. The van der Waals surface area contributed by atoms with Gasteiger partial charge in [-0.25, -0.2) is 13.1 Å². The van der Waals surface area contributed by atoms with Crippen molar-refractivity contribution in [1.29, 1.82) is 0 Å². The summed E-state index contributed by atoms with van der Waals surface area (Å²) in [4.78, 5) is 17.6. The minimum atomic E-state index is -3.82. The molecule has 0 aliphatic carbocycles. The minimum absolute atomic E-state index is 0.0937. The van der Waals surface area contributed by atoms with E-state index >= 15 is 0 Å². The fourth-order valence-corrected chi connectivity index (χ4v) is 6.61. The first kappa shape index (κ1) is 22.8. The van der Waals surface area contributed by atoms with Crippen LogP contribution in [0, 0.1) is 0 Å². The summed E-state index contributed by atoms with van der Waals surface area (Å²) in [7, 11) is -3.82. The molecule has 180 valence electrons. The molecular weight excluding hydrogens is 452 g/mol. The summed E-state index contributed by atoms with van der Waals surface area (Å²) in [5, 5.41) is 8.28. The van der Waals surface area contributed by atoms with Gasteiger partial charge in [0.05, 0.1) is 10.4 Å². The van der Waals surface area contributed by atoms with Crippen LogP contribution in [0.25, 0.3) is 11.0 Å². The number of carbonyl (C=O) groups excluding carboxylic acids is 1. The number of amides is 1. The van der Waals surface area contributed by atoms with Crippen molar-refractivity contribution in [3.8, 4) is 0 Å². The zero-order valence-corrected chi connectivity index (χ0v) is 20.2. The van der Waals surface area contributed by atoms with Gasteiger partial charge in [0, 0.05) is 45.0 Å². The number of aryl methyl sites for hydroxylation is 1. The SMILES string of the molecule is CCCn1nnc2cc(S(=O)(=O)N3CCCC3C(=O)N3CCN(c4ccccc4)CC3)ccc21. The summed E-state index contributed by atoms with van der Waals surface area (Å²) in [5.41, 5.74) is 2.51. The average molecular weight is 483 g/mol. The van der Waals surface area contributed by atoms with E-state index in [2.05, 4.69) is 34.3 Å². The zero-order valence-electron chi connectivity index (χ0n) is 19.4. The molecule has 3 aromatic rings. The molecule has 0 N–H and O–H groups in total. The lowest BCUT2D eigenvalue weighted by Gasteiger charge is -2.38. The summed E-state index contributed by atoms with van der Waals surface area (Å²) in [6.45, 7) is 5.78. The molecule has 0 saturated carbocycles. The number of nitrogens with zero attached hydrogens (tertiary/aromatic N) is 6. The van der Waals surface area contributed by atoms with Crippen LogP contribution in [0.5, 0.6) is 0 Å². The van der Waals surface area contributed by atoms with Crippen molar-refractivity contribution >= 4 is 32.7 Å². The molecule has 5 rings (SSSR count). The van der Waals surface area contributed by atoms with Crippen molar-refractivity contribution in [3.05, 3.63) is 48.5 Å². The van der Waals surface area contributed by atoms with Crippen LogP contribution in [0.2, 0.25) is 0 Å². The second-order valence-electron chi connectivity index (χ2n) is 8.88. The Labute approximate surface area is 200 Å². The van der Waals surface area contributed by atoms with Crippen LogP contribution in [0.3, 0.4) is 0 Å². The summed E-state index contributed by atoms with van der Waals surface area (Å²) in [6.07, 6.45) is 2.14. The van der Waals surface area contributed by atoms with Crippen molar-refractivity contribution < 1.29 is 13.2 Å². The van der Waals surface area contributed by atoms with Gasteiger partial charge >= 0.3 is 0 Å². The van der Waals surface area contributed by atoms with Crippen LogP contribution >= 0.6 is 0 Å². The van der Waals surface area contributed by atoms with E-state index in [1.54, 1.807) is 22.9 Å². The fraction of sp³-hybridized carbons (Fsp3) is 0.458. The highest BCUT2D eigenvalue weighted by Gasteiger charge is 2.41. The number of rotatable bonds is 6. The van der Waals surface area contributed by atoms with Gasteiger partial charge in [0.2, 0.25) is 15.9 Å². The molecule has 2 saturated heterocycles. The lowest BCUT2D eigenvalue weighted by Crippen LogP contribution is -2.54. The Balaban J connectivity index is 1.31. The van der Waals surface area contributed by atoms with Crippen LogP contribution in [0.4, 0.5) is 5.69 Å². The molecule has 9 nitrogen and oxygen atoms in total. The number of benzene rings is 2. The van der Waals surface area contributed by atoms with Crippen LogP contribution in [0.1, 0.15) is 26.2 Å². The number of fused-ring (bicyclic) bond motifs is 1. The third-order valence-electron chi connectivity index (χ3n) is 6.73. The van der Waals surface area contributed by atoms with Gasteiger partial charge in [-0.05, 0) is 49.6 Å². The molecule has 2 aromatic carbocycles. The minimum Gasteiger partial charge on any atom is -0.368 e. The Bertz CT molecular complexity index is 1270. The van der Waals surface area contributed by atoms with E-state index in [9.17, 15) is 13.2 Å². The Kier molecular flexibility index (Phi) is 6.26. The van der Waals surface area contributed by atoms with Crippen LogP contribution in [0.15, 0.2) is 53.4 Å². The maximum Gasteiger partial charge on any atom is 0.243 e. The van der Waals surface area contributed by atoms with E-state index < -0.39 is 16.1 Å². The molecule has 34 heavy (non-hydrogen) atoms. The number of aromatic nitrogens is 3. The molecule has 10 heteroatoms. The van der Waals surface area contributed by atoms with Crippen LogP contribution in [-0.2, 0) is 21.4 Å². The van der Waals surface area contributed by atoms with Crippen LogP contribution in [-0.4, -0.2) is 77.3 Å². The van der Waals surface area contributed by atoms with E-state index in [-0.39, 0.29) is 10.8 Å². The number of sulfonamides is 1. The Morgan fingerprint density at radius 3 is 2.53 bits per heavy atom. The topological polar surface area (TPSA) is 91.6 Å². The van der Waals surface area contributed by atoms with Gasteiger partial charge < -0.3 is 9.80 Å². The maximum absolute atomic E-state index is 13.5. The number of para-hydroxylation sites is 1. The van der Waals surface area contributed by atoms with E-state index in [1.165, 1.54) is 4.31 Å². The zero-order chi connectivity index (χ0) is 23.7. The lowest BCUT2D eigenvalue weighted by molar-refractivity contribution is -0.134. The van der Waals surface area contributed by atoms with E-state index in [1.807, 2.05) is 23.1 Å². The van der Waals surface area contributed by atoms with Gasteiger partial charge in [-0.15, -0.1) is 5.10 Å². The molecule has 0 bridgehead atoms. The summed E-state index contributed by atoms with van der Waals surface area (Å²) < 4.78 is 30.2. The highest BCUT2D eigenvalue weighted by Crippen LogP contribution is 2.29. The summed E-state index contributed by atoms with van der Waals surface area (Å²) in [6, 6.07) is 14.4. The predicted octanol–water partition coefficient (Wildman–Crippen LogP) is 2.34. The van der Waals surface area contributed by atoms with E-state index in [0.29, 0.717) is 38.0 Å². The van der Waals surface area contributed by atoms with Crippen molar-refractivity contribution in [2.45, 2.75) is 43.7 Å². The Hall–Kier alpha value is -2.98. The molecule has 1 aromatic heterocycles. The van der Waals surface area contributed by atoms with Crippen molar-refractivity contribution in [2.24, 2.45) is 0 Å². The fourth-order valence-electron chi connectivity index (χ4n) is 4.93. The molecular formula is C24H30N6O3S. The predicted molar refractivity (Wildman–Crippen MR) is 130 cm³/mol. The van der Waals surface area contributed by atoms with Gasteiger partial charge in [-0.3, -0.25) is 4.79 Å². The first-order valence-electron chi connectivity index (χ1n) is 11.9. The lowest BCUT2D eigenvalue weighted by atomic mass is 10.1. The highest BCUT2D eigenvalue weighted by atomic mass is 32.2. The quantitative estimate of drug-likeness (QED) is 0.536. The third kappa shape index (κ3) is 4.16. The normalized spacial score (nSPS) is 19.7. The van der Waals surface area contributed by atoms with Gasteiger partial charge in [0.1, 0.15) is 11.6 Å². The van der Waals surface area contributed by atoms with Gasteiger partial charge in [0.25, 0.3) is 0 Å². The Morgan fingerprint density at radius 2 is 1.79 bits per heavy atom. The molecule has 1 unspecified atom stereocenters. The number of hydrogen-bond acceptors (Lipinski definition) is 6. The summed E-state index contributed by atoms with van der Waals surface area (Å²) in [5.74, 6) is -0.0937. The monoisotopic (exact) mass is 482 g/mol. The molecule has 1 amide bonds. The highest BCUT2D eigenvalue weighted by molar-refractivity contribution is 7.89. The summed E-state index contributed by atoms with van der Waals surface area (Å²) >= 11 is 0. The van der Waals surface area contributed by atoms with Gasteiger partial charge in [-0.1, -0.05) is 30.3 Å². The third-order valence-corrected chi connectivity index (χ3v) is 8.63. The van der Waals surface area contributed by atoms with Gasteiger partial charge in [-0.2, -0.15) is 4.31 Å². The maximum atomic E-state index is 13.5. The standard InChI is InChI=1S/C24H30N6O3S/c1-2-12-29-22-11-10-20(18-21(22)25-26-29)34(32,33)30-13-6-9-23(30)24(31)28-16-14-27(15-17-28)19-7-4-3-5-8-19/h3-5,7-8,10-11,18,23H,2,6,9,12-17H2,1H3. The molecule has 2 aliphatic rings. The van der Waals surface area contributed by atoms with E-state index in [4.69, 9.17) is 0 Å². The molecule has 1 atom stereocenters. The average Bonchev–Trinajstić information content (AvgIpc) is 3.52. The first-order chi connectivity index (χ1) is 16.5. The molecule has 3 heterocycles. The van der Waals surface area contributed by atoms with Crippen LogP contribution < -0.4 is 4.90 Å². The first-order valence-corrected chi connectivity index (χ1v) is 13.4. The number of hydrogen-bond donors (Lipinski definition) is 0. The second-order valence-corrected chi connectivity index (χ2v) is 10.8. The molecule has 2 aliphatic heterocycles. The molecule has 0 radical (unpaired) electrons. The largest absolute Gasteiger partial charge is 0.368 e. The van der Waals surface area contributed by atoms with E-state index in [0.717, 1.165) is 37.3 Å². The number of carbonyl (C=O) groups is 1. The number of anilines is 1. The van der Waals surface area contributed by atoms with Crippen molar-refractivity contribution in [1.82, 2.24) is 24.2 Å². The Morgan fingerprint density at radius 1 is 1.03 bits per heavy atom. The second kappa shape index (κ2) is 9.34. The number of piperazine rings is 1. The smallest absolute Gasteiger partial charge is 0.243 e. The molecule has 2 fully saturated rings. The van der Waals surface area contributed by atoms with Crippen molar-refractivity contribution in [2.75, 3.05) is 37.6 Å². The van der Waals surface area contributed by atoms with Crippen molar-refractivity contribution in [3.63, 3.8) is 0 Å². The van der Waals surface area contributed by atoms with Gasteiger partial charge in [0.15, 0.2) is 0 Å².